The van der Waals surface area contributed by atoms with Gasteiger partial charge in [-0.1, -0.05) is 24.3 Å². The third-order valence-electron chi connectivity index (χ3n) is 5.66. The van der Waals surface area contributed by atoms with Gasteiger partial charge in [-0.3, -0.25) is 9.89 Å². The minimum Gasteiger partial charge on any atom is -0.496 e. The van der Waals surface area contributed by atoms with Gasteiger partial charge >= 0.3 is 0 Å². The molecule has 0 bridgehead atoms. The average Bonchev–Trinajstić information content (AvgIpc) is 3.31. The summed E-state index contributed by atoms with van der Waals surface area (Å²) in [6.07, 6.45) is 2.46. The van der Waals surface area contributed by atoms with Gasteiger partial charge in [0.25, 0.3) is 0 Å². The van der Waals surface area contributed by atoms with E-state index in [4.69, 9.17) is 14.5 Å². The van der Waals surface area contributed by atoms with Crippen molar-refractivity contribution in [2.75, 3.05) is 46.9 Å². The molecule has 0 aliphatic carbocycles. The van der Waals surface area contributed by atoms with Crippen molar-refractivity contribution in [2.24, 2.45) is 10.9 Å². The summed E-state index contributed by atoms with van der Waals surface area (Å²) in [5.74, 6) is 2.26. The van der Waals surface area contributed by atoms with Gasteiger partial charge < -0.3 is 20.1 Å². The first kappa shape index (κ1) is 26.9. The summed E-state index contributed by atoms with van der Waals surface area (Å²) < 4.78 is 11.2. The highest BCUT2D eigenvalue weighted by atomic mass is 127. The summed E-state index contributed by atoms with van der Waals surface area (Å²) in [6.45, 7) is 6.77. The van der Waals surface area contributed by atoms with Gasteiger partial charge in [-0.05, 0) is 56.8 Å². The quantitative estimate of drug-likeness (QED) is 0.190. The lowest BCUT2D eigenvalue weighted by Gasteiger charge is -2.38. The second-order valence-corrected chi connectivity index (χ2v) is 8.83. The molecule has 0 saturated carbocycles. The smallest absolute Gasteiger partial charge is 0.191 e. The van der Waals surface area contributed by atoms with Crippen LogP contribution in [-0.2, 0) is 11.3 Å². The Hall–Kier alpha value is -1.36. The van der Waals surface area contributed by atoms with E-state index in [0.29, 0.717) is 31.7 Å². The molecule has 1 aromatic carbocycles. The highest BCUT2D eigenvalue weighted by Gasteiger charge is 2.31. The van der Waals surface area contributed by atoms with Crippen LogP contribution in [0.5, 0.6) is 5.75 Å². The van der Waals surface area contributed by atoms with Crippen molar-refractivity contribution >= 4 is 41.3 Å². The van der Waals surface area contributed by atoms with Gasteiger partial charge in [0.15, 0.2) is 5.96 Å². The molecular formula is C24H37IN4O2S. The molecule has 0 amide bonds. The predicted octanol–water partition coefficient (Wildman–Crippen LogP) is 4.53. The Morgan fingerprint density at radius 1 is 1.22 bits per heavy atom. The zero-order valence-corrected chi connectivity index (χ0v) is 22.5. The number of likely N-dealkylation sites (tertiary alicyclic amines) is 1. The molecule has 3 rings (SSSR count). The molecule has 2 aromatic rings. The van der Waals surface area contributed by atoms with Crippen molar-refractivity contribution in [2.45, 2.75) is 32.4 Å². The van der Waals surface area contributed by atoms with Gasteiger partial charge in [-0.25, -0.2) is 0 Å². The van der Waals surface area contributed by atoms with Crippen molar-refractivity contribution in [1.29, 1.82) is 0 Å². The minimum absolute atomic E-state index is 0. The van der Waals surface area contributed by atoms with E-state index in [0.717, 1.165) is 36.9 Å². The number of para-hydroxylation sites is 1. The Bertz CT molecular complexity index is 803. The van der Waals surface area contributed by atoms with Gasteiger partial charge in [0.05, 0.1) is 20.3 Å². The van der Waals surface area contributed by atoms with Gasteiger partial charge in [-0.15, -0.1) is 35.3 Å². The number of halogens is 1. The Morgan fingerprint density at radius 2 is 2.06 bits per heavy atom. The van der Waals surface area contributed by atoms with Crippen LogP contribution in [0.2, 0.25) is 0 Å². The molecule has 2 N–H and O–H groups in total. The molecular weight excluding hydrogens is 535 g/mol. The predicted molar refractivity (Wildman–Crippen MR) is 144 cm³/mol. The third kappa shape index (κ3) is 7.90. The van der Waals surface area contributed by atoms with Crippen LogP contribution in [0.4, 0.5) is 0 Å². The topological polar surface area (TPSA) is 58.1 Å². The normalized spacial score (nSPS) is 19.3. The number of rotatable bonds is 10. The van der Waals surface area contributed by atoms with Crippen molar-refractivity contribution in [3.05, 3.63) is 52.2 Å². The van der Waals surface area contributed by atoms with Crippen molar-refractivity contribution in [3.63, 3.8) is 0 Å². The van der Waals surface area contributed by atoms with Crippen molar-refractivity contribution in [3.8, 4) is 5.75 Å². The van der Waals surface area contributed by atoms with Crippen molar-refractivity contribution in [1.82, 2.24) is 15.5 Å². The monoisotopic (exact) mass is 572 g/mol. The number of thiophene rings is 1. The highest BCUT2D eigenvalue weighted by Crippen LogP contribution is 2.37. The number of nitrogens with one attached hydrogen (secondary N) is 2. The minimum atomic E-state index is 0. The van der Waals surface area contributed by atoms with E-state index in [2.05, 4.69) is 47.0 Å². The molecule has 1 saturated heterocycles. The summed E-state index contributed by atoms with van der Waals surface area (Å²) in [5.41, 5.74) is 1.06. The van der Waals surface area contributed by atoms with E-state index in [1.807, 2.05) is 35.6 Å². The van der Waals surface area contributed by atoms with E-state index in [1.165, 1.54) is 17.7 Å². The van der Waals surface area contributed by atoms with E-state index < -0.39 is 0 Å². The average molecular weight is 573 g/mol. The fourth-order valence-corrected chi connectivity index (χ4v) is 5.14. The maximum absolute atomic E-state index is 5.83. The molecule has 2 unspecified atom stereocenters. The molecule has 8 heteroatoms. The molecule has 1 fully saturated rings. The Balaban J connectivity index is 0.00000363. The fraction of sp³-hybridized carbons (Fsp3) is 0.542. The van der Waals surface area contributed by atoms with E-state index in [-0.39, 0.29) is 24.0 Å². The molecule has 6 nitrogen and oxygen atoms in total. The maximum atomic E-state index is 5.83. The van der Waals surface area contributed by atoms with Gasteiger partial charge in [0, 0.05) is 36.1 Å². The lowest BCUT2D eigenvalue weighted by Crippen LogP contribution is -2.41. The highest BCUT2D eigenvalue weighted by molar-refractivity contribution is 14.0. The second kappa shape index (κ2) is 14.7. The standard InChI is InChI=1S/C24H36N4O2S.HI/c1-4-25-24(26-13-15-30-18-20-9-5-6-11-21(20)29-3)27-17-19-10-7-14-28(2)23(19)22-12-8-16-31-22;/h5-6,8-9,11-12,16,19,23H,4,7,10,13-15,17-18H2,1-3H3,(H2,25,26,27);1H. The molecule has 2 heterocycles. The molecule has 1 aromatic heterocycles. The zero-order chi connectivity index (χ0) is 21.9. The van der Waals surface area contributed by atoms with Gasteiger partial charge in [0.2, 0.25) is 0 Å². The Kier molecular flexibility index (Phi) is 12.4. The number of aliphatic imine (C=N–C) groups is 1. The first-order valence-electron chi connectivity index (χ1n) is 11.2. The van der Waals surface area contributed by atoms with Crippen molar-refractivity contribution < 1.29 is 9.47 Å². The first-order valence-corrected chi connectivity index (χ1v) is 12.1. The van der Waals surface area contributed by atoms with E-state index in [9.17, 15) is 0 Å². The Labute approximate surface area is 213 Å². The number of guanidine groups is 1. The molecule has 1 aliphatic heterocycles. The van der Waals surface area contributed by atoms with Crippen LogP contribution < -0.4 is 15.4 Å². The van der Waals surface area contributed by atoms with E-state index >= 15 is 0 Å². The number of piperidine rings is 1. The molecule has 1 aliphatic rings. The summed E-state index contributed by atoms with van der Waals surface area (Å²) in [6, 6.07) is 12.8. The molecule has 0 spiro atoms. The first-order chi connectivity index (χ1) is 15.2. The lowest BCUT2D eigenvalue weighted by atomic mass is 9.88. The summed E-state index contributed by atoms with van der Waals surface area (Å²) in [5, 5.41) is 8.95. The number of nitrogens with zero attached hydrogens (tertiary/aromatic N) is 2. The molecule has 2 atom stereocenters. The molecule has 32 heavy (non-hydrogen) atoms. The largest absolute Gasteiger partial charge is 0.496 e. The number of benzene rings is 1. The van der Waals surface area contributed by atoms with Crippen LogP contribution in [0.1, 0.15) is 36.2 Å². The number of hydrogen-bond donors (Lipinski definition) is 2. The van der Waals surface area contributed by atoms with Crippen LogP contribution >= 0.6 is 35.3 Å². The molecule has 0 radical (unpaired) electrons. The molecule has 178 valence electrons. The summed E-state index contributed by atoms with van der Waals surface area (Å²) >= 11 is 1.85. The second-order valence-electron chi connectivity index (χ2n) is 7.85. The SMILES string of the molecule is CCNC(=NCC1CCCN(C)C1c1cccs1)NCCOCc1ccccc1OC.I. The fourth-order valence-electron chi connectivity index (χ4n) is 4.16. The maximum Gasteiger partial charge on any atom is 0.191 e. The van der Waals surface area contributed by atoms with Crippen LogP contribution in [0.25, 0.3) is 0 Å². The third-order valence-corrected chi connectivity index (χ3v) is 6.60. The van der Waals surface area contributed by atoms with Gasteiger partial charge in [0.1, 0.15) is 5.75 Å². The van der Waals surface area contributed by atoms with Crippen LogP contribution in [0, 0.1) is 5.92 Å². The van der Waals surface area contributed by atoms with Crippen LogP contribution in [0.15, 0.2) is 46.8 Å². The van der Waals surface area contributed by atoms with Gasteiger partial charge in [-0.2, -0.15) is 0 Å². The zero-order valence-electron chi connectivity index (χ0n) is 19.4. The van der Waals surface area contributed by atoms with E-state index in [1.54, 1.807) is 7.11 Å². The number of ether oxygens (including phenoxy) is 2. The van der Waals surface area contributed by atoms with Crippen LogP contribution in [-0.4, -0.2) is 57.8 Å². The summed E-state index contributed by atoms with van der Waals surface area (Å²) in [4.78, 5) is 8.85. The number of methoxy groups -OCH3 is 1. The Morgan fingerprint density at radius 3 is 2.81 bits per heavy atom. The summed E-state index contributed by atoms with van der Waals surface area (Å²) in [7, 11) is 3.93. The van der Waals surface area contributed by atoms with Crippen LogP contribution in [0.3, 0.4) is 0 Å². The lowest BCUT2D eigenvalue weighted by molar-refractivity contribution is 0.123. The number of hydrogen-bond acceptors (Lipinski definition) is 5.